The molecule has 1 saturated heterocycles. The Morgan fingerprint density at radius 3 is 2.33 bits per heavy atom. The Kier molecular flexibility index (Phi) is 6.85. The lowest BCUT2D eigenvalue weighted by Crippen LogP contribution is -2.53. The molecule has 1 aliphatic rings. The first-order chi connectivity index (χ1) is 9.89. The van der Waals surface area contributed by atoms with Gasteiger partial charge in [-0.2, -0.15) is 12.7 Å². The third kappa shape index (κ3) is 5.86. The van der Waals surface area contributed by atoms with Crippen LogP contribution in [0.25, 0.3) is 0 Å². The van der Waals surface area contributed by atoms with E-state index in [-0.39, 0.29) is 32.1 Å². The third-order valence-corrected chi connectivity index (χ3v) is 4.49. The Labute approximate surface area is 124 Å². The number of nitrogens with one attached hydrogen (secondary N) is 1. The average molecular weight is 323 g/mol. The zero-order chi connectivity index (χ0) is 15.9. The highest BCUT2D eigenvalue weighted by Gasteiger charge is 2.28. The maximum atomic E-state index is 11.9. The highest BCUT2D eigenvalue weighted by molar-refractivity contribution is 7.87. The van der Waals surface area contributed by atoms with Crippen molar-refractivity contribution >= 4 is 22.3 Å². The smallest absolute Gasteiger partial charge is 0.421 e. The Bertz CT molecular complexity index is 459. The largest absolute Gasteiger partial charge is 0.469 e. The molecule has 0 aliphatic carbocycles. The van der Waals surface area contributed by atoms with Gasteiger partial charge in [-0.1, -0.05) is 0 Å². The Hall–Kier alpha value is -1.39. The molecule has 0 saturated carbocycles. The van der Waals surface area contributed by atoms with E-state index in [4.69, 9.17) is 0 Å². The number of carbonyl (C=O) groups excluding carboxylic acids is 2. The minimum Gasteiger partial charge on any atom is -0.469 e. The fraction of sp³-hybridized carbons (Fsp3) is 0.818. The van der Waals surface area contributed by atoms with Gasteiger partial charge in [-0.3, -0.25) is 4.79 Å². The number of hydrogen-bond acceptors (Lipinski definition) is 7. The van der Waals surface area contributed by atoms with Crippen molar-refractivity contribution in [3.8, 4) is 0 Å². The van der Waals surface area contributed by atoms with Gasteiger partial charge in [-0.25, -0.2) is 9.52 Å². The van der Waals surface area contributed by atoms with Crippen molar-refractivity contribution in [2.75, 3.05) is 46.4 Å². The summed E-state index contributed by atoms with van der Waals surface area (Å²) in [5, 5.41) is 0. The first-order valence-electron chi connectivity index (χ1n) is 6.63. The molecule has 1 rings (SSSR count). The van der Waals surface area contributed by atoms with Crippen molar-refractivity contribution < 1.29 is 27.5 Å². The summed E-state index contributed by atoms with van der Waals surface area (Å²) in [6, 6.07) is 0. The summed E-state index contributed by atoms with van der Waals surface area (Å²) in [7, 11) is -2.55. The lowest BCUT2D eigenvalue weighted by Gasteiger charge is -2.33. The highest BCUT2D eigenvalue weighted by Crippen LogP contribution is 2.07. The molecule has 0 atom stereocenters. The van der Waals surface area contributed by atoms with E-state index in [1.54, 1.807) is 6.92 Å². The standard InChI is InChI=1S/C11H21N3O6S/c1-3-20-11(16)12-21(17,18)14-8-6-13(7-9-14)5-4-10(15)19-2/h3-9H2,1-2H3,(H,12,16). The molecule has 0 radical (unpaired) electrons. The number of carbonyl (C=O) groups is 2. The summed E-state index contributed by atoms with van der Waals surface area (Å²) in [6.45, 7) is 3.67. The fourth-order valence-corrected chi connectivity index (χ4v) is 2.92. The lowest BCUT2D eigenvalue weighted by atomic mass is 10.3. The quantitative estimate of drug-likeness (QED) is 0.635. The van der Waals surface area contributed by atoms with Crippen molar-refractivity contribution in [2.45, 2.75) is 13.3 Å². The van der Waals surface area contributed by atoms with Crippen molar-refractivity contribution in [3.05, 3.63) is 0 Å². The molecule has 0 aromatic heterocycles. The van der Waals surface area contributed by atoms with E-state index < -0.39 is 16.3 Å². The highest BCUT2D eigenvalue weighted by atomic mass is 32.2. The molecule has 9 nitrogen and oxygen atoms in total. The van der Waals surface area contributed by atoms with Gasteiger partial charge in [-0.05, 0) is 6.92 Å². The molecule has 21 heavy (non-hydrogen) atoms. The maximum Gasteiger partial charge on any atom is 0.421 e. The molecule has 0 bridgehead atoms. The zero-order valence-corrected chi connectivity index (χ0v) is 13.0. The van der Waals surface area contributed by atoms with Gasteiger partial charge < -0.3 is 14.4 Å². The van der Waals surface area contributed by atoms with Crippen molar-refractivity contribution in [1.29, 1.82) is 0 Å². The number of amides is 1. The first kappa shape index (κ1) is 17.7. The van der Waals surface area contributed by atoms with Crippen LogP contribution in [0.4, 0.5) is 4.79 Å². The van der Waals surface area contributed by atoms with Crippen LogP contribution in [-0.2, 0) is 24.5 Å². The van der Waals surface area contributed by atoms with Gasteiger partial charge in [0.25, 0.3) is 0 Å². The molecule has 0 aromatic rings. The van der Waals surface area contributed by atoms with Crippen molar-refractivity contribution in [1.82, 2.24) is 13.9 Å². The first-order valence-corrected chi connectivity index (χ1v) is 8.07. The fourth-order valence-electron chi connectivity index (χ4n) is 1.88. The van der Waals surface area contributed by atoms with E-state index in [9.17, 15) is 18.0 Å². The van der Waals surface area contributed by atoms with Gasteiger partial charge in [0.05, 0.1) is 20.1 Å². The normalized spacial score (nSPS) is 17.2. The van der Waals surface area contributed by atoms with Gasteiger partial charge in [0.1, 0.15) is 0 Å². The van der Waals surface area contributed by atoms with Crippen LogP contribution < -0.4 is 4.72 Å². The molecule has 0 spiro atoms. The maximum absolute atomic E-state index is 11.9. The molecule has 1 heterocycles. The van der Waals surface area contributed by atoms with Gasteiger partial charge >= 0.3 is 22.3 Å². The third-order valence-electron chi connectivity index (χ3n) is 3.02. The van der Waals surface area contributed by atoms with E-state index in [1.165, 1.54) is 11.4 Å². The van der Waals surface area contributed by atoms with E-state index in [1.807, 2.05) is 9.62 Å². The minimum atomic E-state index is -3.87. The van der Waals surface area contributed by atoms with Crippen LogP contribution in [0.3, 0.4) is 0 Å². The molecule has 1 aliphatic heterocycles. The SMILES string of the molecule is CCOC(=O)NS(=O)(=O)N1CCN(CCC(=O)OC)CC1. The summed E-state index contributed by atoms with van der Waals surface area (Å²) in [5.41, 5.74) is 0. The van der Waals surface area contributed by atoms with Crippen LogP contribution in [0.1, 0.15) is 13.3 Å². The molecule has 0 aromatic carbocycles. The van der Waals surface area contributed by atoms with Crippen molar-refractivity contribution in [2.24, 2.45) is 0 Å². The predicted octanol–water partition coefficient (Wildman–Crippen LogP) is -0.842. The summed E-state index contributed by atoms with van der Waals surface area (Å²) in [6.07, 6.45) is -0.713. The molecule has 10 heteroatoms. The summed E-state index contributed by atoms with van der Waals surface area (Å²) in [4.78, 5) is 24.2. The zero-order valence-electron chi connectivity index (χ0n) is 12.2. The average Bonchev–Trinajstić information content (AvgIpc) is 2.44. The van der Waals surface area contributed by atoms with Crippen LogP contribution in [-0.4, -0.2) is 76.1 Å². The van der Waals surface area contributed by atoms with E-state index in [0.29, 0.717) is 19.6 Å². The van der Waals surface area contributed by atoms with Crippen LogP contribution in [0.15, 0.2) is 0 Å². The summed E-state index contributed by atoms with van der Waals surface area (Å²) >= 11 is 0. The Balaban J connectivity index is 2.41. The molecule has 122 valence electrons. The number of esters is 1. The van der Waals surface area contributed by atoms with E-state index in [0.717, 1.165) is 0 Å². The van der Waals surface area contributed by atoms with Gasteiger partial charge in [0.15, 0.2) is 0 Å². The van der Waals surface area contributed by atoms with Crippen LogP contribution >= 0.6 is 0 Å². The van der Waals surface area contributed by atoms with E-state index >= 15 is 0 Å². The number of piperazine rings is 1. The molecular weight excluding hydrogens is 302 g/mol. The Morgan fingerprint density at radius 2 is 1.81 bits per heavy atom. The second-order valence-electron chi connectivity index (χ2n) is 4.39. The molecule has 1 amide bonds. The van der Waals surface area contributed by atoms with Crippen LogP contribution in [0.2, 0.25) is 0 Å². The number of ether oxygens (including phenoxy) is 2. The van der Waals surface area contributed by atoms with Crippen molar-refractivity contribution in [3.63, 3.8) is 0 Å². The molecular formula is C11H21N3O6S. The van der Waals surface area contributed by atoms with Gasteiger partial charge in [0, 0.05) is 32.7 Å². The monoisotopic (exact) mass is 323 g/mol. The number of nitrogens with zero attached hydrogens (tertiary/aromatic N) is 2. The Morgan fingerprint density at radius 1 is 1.19 bits per heavy atom. The summed E-state index contributed by atoms with van der Waals surface area (Å²) in [5.74, 6) is -0.297. The topological polar surface area (TPSA) is 105 Å². The molecule has 0 unspecified atom stereocenters. The predicted molar refractivity (Wildman–Crippen MR) is 73.7 cm³/mol. The van der Waals surface area contributed by atoms with Gasteiger partial charge in [-0.15, -0.1) is 0 Å². The number of hydrogen-bond donors (Lipinski definition) is 1. The lowest BCUT2D eigenvalue weighted by molar-refractivity contribution is -0.141. The second kappa shape index (κ2) is 8.15. The van der Waals surface area contributed by atoms with Gasteiger partial charge in [0.2, 0.25) is 0 Å². The second-order valence-corrected chi connectivity index (χ2v) is 6.07. The molecule has 1 N–H and O–H groups in total. The molecule has 1 fully saturated rings. The van der Waals surface area contributed by atoms with E-state index in [2.05, 4.69) is 9.47 Å². The van der Waals surface area contributed by atoms with Crippen LogP contribution in [0.5, 0.6) is 0 Å². The van der Waals surface area contributed by atoms with Crippen LogP contribution in [0, 0.1) is 0 Å². The number of rotatable bonds is 6. The summed E-state index contributed by atoms with van der Waals surface area (Å²) < 4.78 is 35.9. The number of methoxy groups -OCH3 is 1. The minimum absolute atomic E-state index is 0.0999.